The summed E-state index contributed by atoms with van der Waals surface area (Å²) in [4.78, 5) is 19.7. The molecule has 39 heavy (non-hydrogen) atoms. The summed E-state index contributed by atoms with van der Waals surface area (Å²) < 4.78 is 78.4. The number of aromatic nitrogens is 3. The SMILES string of the molecule is COc1cc(Cn2c(NNC(=O)O)nc3cc(I)cnc32)ccc1OCc1ccc(C(F)(F)C(F)(F)F)cc1. The Labute approximate surface area is 231 Å². The van der Waals surface area contributed by atoms with Gasteiger partial charge in [-0.05, 0) is 51.9 Å². The van der Waals surface area contributed by atoms with Crippen molar-refractivity contribution in [1.29, 1.82) is 0 Å². The summed E-state index contributed by atoms with van der Waals surface area (Å²) in [5.74, 6) is -4.11. The van der Waals surface area contributed by atoms with Crippen LogP contribution in [-0.2, 0) is 19.1 Å². The molecule has 2 aromatic heterocycles. The number of rotatable bonds is 9. The van der Waals surface area contributed by atoms with E-state index < -0.39 is 23.8 Å². The largest absolute Gasteiger partial charge is 0.493 e. The number of hydrogen-bond donors (Lipinski definition) is 3. The van der Waals surface area contributed by atoms with E-state index in [0.29, 0.717) is 40.4 Å². The molecule has 0 aliphatic carbocycles. The van der Waals surface area contributed by atoms with E-state index in [2.05, 4.69) is 43.4 Å². The molecule has 0 aliphatic heterocycles. The highest BCUT2D eigenvalue weighted by Crippen LogP contribution is 2.43. The van der Waals surface area contributed by atoms with Crippen molar-refractivity contribution in [2.24, 2.45) is 0 Å². The molecule has 1 amide bonds. The number of nitrogens with zero attached hydrogens (tertiary/aromatic N) is 3. The van der Waals surface area contributed by atoms with Crippen molar-refractivity contribution >= 4 is 45.8 Å². The van der Waals surface area contributed by atoms with E-state index in [1.54, 1.807) is 35.0 Å². The molecule has 9 nitrogen and oxygen atoms in total. The molecule has 0 bridgehead atoms. The number of halogens is 6. The van der Waals surface area contributed by atoms with Gasteiger partial charge in [-0.1, -0.05) is 30.3 Å². The van der Waals surface area contributed by atoms with Crippen molar-refractivity contribution in [3.8, 4) is 11.5 Å². The molecule has 206 valence electrons. The molecule has 0 saturated carbocycles. The number of imidazole rings is 1. The van der Waals surface area contributed by atoms with E-state index in [9.17, 15) is 26.7 Å². The van der Waals surface area contributed by atoms with Crippen LogP contribution in [0, 0.1) is 3.57 Å². The van der Waals surface area contributed by atoms with Crippen LogP contribution in [-0.4, -0.2) is 39.0 Å². The molecule has 15 heteroatoms. The molecule has 2 heterocycles. The first-order chi connectivity index (χ1) is 18.4. The van der Waals surface area contributed by atoms with Gasteiger partial charge >= 0.3 is 18.2 Å². The van der Waals surface area contributed by atoms with Gasteiger partial charge in [0.05, 0.1) is 13.7 Å². The van der Waals surface area contributed by atoms with Gasteiger partial charge < -0.3 is 14.6 Å². The fourth-order valence-corrected chi connectivity index (χ4v) is 4.02. The Balaban J connectivity index is 1.52. The molecular weight excluding hydrogens is 644 g/mol. The van der Waals surface area contributed by atoms with Gasteiger partial charge in [0.1, 0.15) is 12.1 Å². The van der Waals surface area contributed by atoms with Crippen molar-refractivity contribution < 1.29 is 41.3 Å². The second-order valence-electron chi connectivity index (χ2n) is 8.12. The van der Waals surface area contributed by atoms with Crippen molar-refractivity contribution in [3.05, 3.63) is 75.0 Å². The summed E-state index contributed by atoms with van der Waals surface area (Å²) in [6.07, 6.45) is -5.35. The molecule has 0 spiro atoms. The lowest BCUT2D eigenvalue weighted by atomic mass is 10.1. The van der Waals surface area contributed by atoms with Crippen LogP contribution in [0.1, 0.15) is 16.7 Å². The lowest BCUT2D eigenvalue weighted by Crippen LogP contribution is -2.33. The van der Waals surface area contributed by atoms with Crippen LogP contribution < -0.4 is 20.3 Å². The number of methoxy groups -OCH3 is 1. The minimum atomic E-state index is -5.69. The summed E-state index contributed by atoms with van der Waals surface area (Å²) in [6, 6.07) is 10.5. The van der Waals surface area contributed by atoms with Gasteiger partial charge in [0.2, 0.25) is 5.95 Å². The van der Waals surface area contributed by atoms with Gasteiger partial charge in [0, 0.05) is 15.3 Å². The summed E-state index contributed by atoms with van der Waals surface area (Å²) in [5.41, 5.74) is 5.57. The number of amides is 1. The number of pyridine rings is 1. The van der Waals surface area contributed by atoms with Crippen LogP contribution in [0.2, 0.25) is 0 Å². The molecule has 0 radical (unpaired) electrons. The molecule has 4 aromatic rings. The molecule has 3 N–H and O–H groups in total. The highest BCUT2D eigenvalue weighted by atomic mass is 127. The van der Waals surface area contributed by atoms with Crippen molar-refractivity contribution in [3.63, 3.8) is 0 Å². The first-order valence-corrected chi connectivity index (χ1v) is 12.1. The predicted molar refractivity (Wildman–Crippen MR) is 138 cm³/mol. The van der Waals surface area contributed by atoms with Crippen molar-refractivity contribution in [2.75, 3.05) is 12.5 Å². The predicted octanol–water partition coefficient (Wildman–Crippen LogP) is 5.92. The zero-order chi connectivity index (χ0) is 28.4. The third kappa shape index (κ3) is 6.23. The van der Waals surface area contributed by atoms with Gasteiger partial charge in [-0.15, -0.1) is 0 Å². The van der Waals surface area contributed by atoms with Crippen LogP contribution in [0.25, 0.3) is 11.2 Å². The van der Waals surface area contributed by atoms with Gasteiger partial charge in [-0.3, -0.25) is 9.99 Å². The standard InChI is InChI=1S/C24H19F5IN5O4/c1-38-19-8-14(11-35-20-17(9-16(30)10-31-20)32-21(35)33-34-22(36)37)4-7-18(19)39-12-13-2-5-15(6-3-13)23(25,26)24(27,28)29/h2-10,34H,11-12H2,1H3,(H,32,33)(H,36,37). The Bertz CT molecular complexity index is 1500. The van der Waals surface area contributed by atoms with E-state index in [-0.39, 0.29) is 19.1 Å². The average molecular weight is 663 g/mol. The number of ether oxygens (including phenoxy) is 2. The minimum absolute atomic E-state index is 0.114. The average Bonchev–Trinajstić information content (AvgIpc) is 3.22. The van der Waals surface area contributed by atoms with Crippen molar-refractivity contribution in [1.82, 2.24) is 20.0 Å². The number of benzene rings is 2. The maximum absolute atomic E-state index is 13.5. The number of carbonyl (C=O) groups is 1. The summed E-state index contributed by atoms with van der Waals surface area (Å²) >= 11 is 2.09. The Kier molecular flexibility index (Phi) is 7.99. The van der Waals surface area contributed by atoms with E-state index in [1.165, 1.54) is 7.11 Å². The van der Waals surface area contributed by atoms with E-state index in [0.717, 1.165) is 21.3 Å². The lowest BCUT2D eigenvalue weighted by Gasteiger charge is -2.20. The number of hydrazine groups is 1. The fraction of sp³-hybridized carbons (Fsp3) is 0.208. The summed E-state index contributed by atoms with van der Waals surface area (Å²) in [6.45, 7) is 0.108. The molecule has 4 rings (SSSR count). The van der Waals surface area contributed by atoms with Gasteiger partial charge in [-0.2, -0.15) is 22.0 Å². The van der Waals surface area contributed by atoms with Crippen LogP contribution in [0.15, 0.2) is 54.7 Å². The fourth-order valence-electron chi connectivity index (χ4n) is 3.59. The maximum Gasteiger partial charge on any atom is 0.458 e. The smallest absolute Gasteiger partial charge is 0.458 e. The quantitative estimate of drug-likeness (QED) is 0.116. The van der Waals surface area contributed by atoms with Gasteiger partial charge in [0.25, 0.3) is 0 Å². The number of fused-ring (bicyclic) bond motifs is 1. The van der Waals surface area contributed by atoms with Crippen LogP contribution in [0.3, 0.4) is 0 Å². The van der Waals surface area contributed by atoms with Crippen LogP contribution >= 0.6 is 22.6 Å². The normalized spacial score (nSPS) is 11.9. The zero-order valence-electron chi connectivity index (χ0n) is 19.9. The van der Waals surface area contributed by atoms with E-state index in [4.69, 9.17) is 14.6 Å². The number of anilines is 1. The van der Waals surface area contributed by atoms with Gasteiger partial charge in [-0.25, -0.2) is 20.2 Å². The topological polar surface area (TPSA) is 111 Å². The minimum Gasteiger partial charge on any atom is -0.493 e. The van der Waals surface area contributed by atoms with Crippen LogP contribution in [0.5, 0.6) is 11.5 Å². The molecule has 2 aromatic carbocycles. The van der Waals surface area contributed by atoms with Gasteiger partial charge in [0.15, 0.2) is 17.1 Å². The molecule has 0 atom stereocenters. The van der Waals surface area contributed by atoms with E-state index >= 15 is 0 Å². The monoisotopic (exact) mass is 663 g/mol. The second kappa shape index (κ2) is 11.1. The van der Waals surface area contributed by atoms with Crippen molar-refractivity contribution in [2.45, 2.75) is 25.3 Å². The first-order valence-electron chi connectivity index (χ1n) is 11.0. The molecule has 0 saturated heterocycles. The zero-order valence-corrected chi connectivity index (χ0v) is 22.0. The number of nitrogens with one attached hydrogen (secondary N) is 2. The third-order valence-corrected chi connectivity index (χ3v) is 6.06. The highest BCUT2D eigenvalue weighted by molar-refractivity contribution is 14.1. The summed E-state index contributed by atoms with van der Waals surface area (Å²) in [5, 5.41) is 8.95. The Hall–Kier alpha value is -3.89. The number of alkyl halides is 5. The van der Waals surface area contributed by atoms with Crippen LogP contribution in [0.4, 0.5) is 32.7 Å². The highest BCUT2D eigenvalue weighted by Gasteiger charge is 2.58. The molecule has 0 aliphatic rings. The lowest BCUT2D eigenvalue weighted by molar-refractivity contribution is -0.289. The van der Waals surface area contributed by atoms with E-state index in [1.807, 2.05) is 0 Å². The Morgan fingerprint density at radius 3 is 2.38 bits per heavy atom. The second-order valence-corrected chi connectivity index (χ2v) is 9.36. The maximum atomic E-state index is 13.5. The third-order valence-electron chi connectivity index (χ3n) is 5.47. The molecule has 0 fully saturated rings. The molecular formula is C24H19F5IN5O4. The number of hydrogen-bond acceptors (Lipinski definition) is 6. The number of carboxylic acid groups (broad SMARTS) is 1. The Morgan fingerprint density at radius 1 is 1.05 bits per heavy atom. The summed E-state index contributed by atoms with van der Waals surface area (Å²) in [7, 11) is 1.42. The molecule has 0 unspecified atom stereocenters. The first kappa shape index (κ1) is 28.1. The Morgan fingerprint density at radius 2 is 1.74 bits per heavy atom.